The molecule has 0 aliphatic rings. The number of nitrogens with zero attached hydrogens (tertiary/aromatic N) is 1. The first-order valence-electron chi connectivity index (χ1n) is 7.52. The zero-order valence-electron chi connectivity index (χ0n) is 13.6. The molecule has 3 nitrogen and oxygen atoms in total. The second-order valence-corrected chi connectivity index (χ2v) is 7.56. The molecule has 0 bridgehead atoms. The first-order chi connectivity index (χ1) is 9.42. The first kappa shape index (κ1) is 17.4. The molecule has 0 aromatic heterocycles. The van der Waals surface area contributed by atoms with Crippen LogP contribution in [0.15, 0.2) is 18.2 Å². The molecule has 1 aromatic carbocycles. The number of benzene rings is 1. The van der Waals surface area contributed by atoms with Gasteiger partial charge in [-0.25, -0.2) is 4.67 Å². The highest BCUT2D eigenvalue weighted by molar-refractivity contribution is 7.64. The van der Waals surface area contributed by atoms with Gasteiger partial charge in [0.15, 0.2) is 0 Å². The van der Waals surface area contributed by atoms with E-state index in [9.17, 15) is 4.57 Å². The quantitative estimate of drug-likeness (QED) is 0.702. The van der Waals surface area contributed by atoms with E-state index in [1.807, 2.05) is 44.5 Å². The Balaban J connectivity index is 3.53. The molecule has 1 atom stereocenters. The van der Waals surface area contributed by atoms with Crippen LogP contribution in [0.25, 0.3) is 0 Å². The lowest BCUT2D eigenvalue weighted by Crippen LogP contribution is -2.31. The van der Waals surface area contributed by atoms with E-state index in [0.29, 0.717) is 12.5 Å². The Morgan fingerprint density at radius 1 is 1.20 bits per heavy atom. The Morgan fingerprint density at radius 2 is 1.80 bits per heavy atom. The van der Waals surface area contributed by atoms with E-state index in [2.05, 4.69) is 19.9 Å². The Labute approximate surface area is 123 Å². The van der Waals surface area contributed by atoms with Crippen molar-refractivity contribution < 1.29 is 9.09 Å². The van der Waals surface area contributed by atoms with E-state index in [1.165, 1.54) is 0 Å². The molecule has 0 radical (unpaired) electrons. The molecule has 4 heteroatoms. The highest BCUT2D eigenvalue weighted by atomic mass is 31.2. The fourth-order valence-electron chi connectivity index (χ4n) is 2.59. The van der Waals surface area contributed by atoms with Gasteiger partial charge in [-0.1, -0.05) is 45.9 Å². The second kappa shape index (κ2) is 7.40. The zero-order valence-corrected chi connectivity index (χ0v) is 14.5. The maximum Gasteiger partial charge on any atom is 0.302 e. The standard InChI is InChI=1S/C16H28NO2P/c1-7-17(8-2)20(18,19-9-3)16-14(6)11-10-12-15(16)13(4)5/h10-13H,7-9H2,1-6H3. The summed E-state index contributed by atoms with van der Waals surface area (Å²) in [5.74, 6) is 0.328. The van der Waals surface area contributed by atoms with Crippen LogP contribution < -0.4 is 5.30 Å². The fraction of sp³-hybridized carbons (Fsp3) is 0.625. The average molecular weight is 297 g/mol. The molecule has 0 aliphatic heterocycles. The molecule has 0 saturated heterocycles. The van der Waals surface area contributed by atoms with Crippen LogP contribution in [0.4, 0.5) is 0 Å². The number of aryl methyl sites for hydroxylation is 1. The van der Waals surface area contributed by atoms with Crippen molar-refractivity contribution in [1.29, 1.82) is 0 Å². The first-order valence-corrected chi connectivity index (χ1v) is 9.10. The maximum absolute atomic E-state index is 13.6. The van der Waals surface area contributed by atoms with Gasteiger partial charge < -0.3 is 4.52 Å². The second-order valence-electron chi connectivity index (χ2n) is 5.24. The summed E-state index contributed by atoms with van der Waals surface area (Å²) in [5.41, 5.74) is 2.19. The number of hydrogen-bond donors (Lipinski definition) is 0. The topological polar surface area (TPSA) is 29.5 Å². The largest absolute Gasteiger partial charge is 0.314 e. The van der Waals surface area contributed by atoms with Crippen LogP contribution in [0.3, 0.4) is 0 Å². The van der Waals surface area contributed by atoms with Gasteiger partial charge in [-0.15, -0.1) is 0 Å². The predicted molar refractivity (Wildman–Crippen MR) is 87.1 cm³/mol. The van der Waals surface area contributed by atoms with Crippen LogP contribution in [0, 0.1) is 6.92 Å². The van der Waals surface area contributed by atoms with Crippen LogP contribution in [-0.4, -0.2) is 24.4 Å². The summed E-state index contributed by atoms with van der Waals surface area (Å²) in [5, 5.41) is 0.903. The molecule has 0 saturated carbocycles. The molecular formula is C16H28NO2P. The van der Waals surface area contributed by atoms with E-state index in [4.69, 9.17) is 4.52 Å². The van der Waals surface area contributed by atoms with Crippen molar-refractivity contribution in [2.24, 2.45) is 0 Å². The van der Waals surface area contributed by atoms with Crippen LogP contribution in [-0.2, 0) is 9.09 Å². The highest BCUT2D eigenvalue weighted by Gasteiger charge is 2.35. The molecule has 114 valence electrons. The summed E-state index contributed by atoms with van der Waals surface area (Å²) in [7, 11) is -2.98. The average Bonchev–Trinajstić information content (AvgIpc) is 2.39. The van der Waals surface area contributed by atoms with Gasteiger partial charge in [0.25, 0.3) is 0 Å². The molecule has 0 fully saturated rings. The van der Waals surface area contributed by atoms with Crippen molar-refractivity contribution in [2.45, 2.75) is 47.5 Å². The van der Waals surface area contributed by atoms with E-state index in [1.54, 1.807) is 0 Å². The molecular weight excluding hydrogens is 269 g/mol. The summed E-state index contributed by atoms with van der Waals surface area (Å²) in [6, 6.07) is 6.13. The third kappa shape index (κ3) is 3.33. The van der Waals surface area contributed by atoms with Crippen molar-refractivity contribution in [3.63, 3.8) is 0 Å². The van der Waals surface area contributed by atoms with Crippen molar-refractivity contribution in [1.82, 2.24) is 4.67 Å². The number of rotatable bonds is 7. The lowest BCUT2D eigenvalue weighted by Gasteiger charge is -2.32. The maximum atomic E-state index is 13.6. The summed E-state index contributed by atoms with van der Waals surface area (Å²) in [6.45, 7) is 14.2. The Morgan fingerprint density at radius 3 is 2.25 bits per heavy atom. The van der Waals surface area contributed by atoms with Gasteiger partial charge in [0.1, 0.15) is 0 Å². The number of hydrogen-bond acceptors (Lipinski definition) is 2. The van der Waals surface area contributed by atoms with Gasteiger partial charge in [-0.05, 0) is 30.9 Å². The van der Waals surface area contributed by atoms with Crippen molar-refractivity contribution in [2.75, 3.05) is 19.7 Å². The molecule has 1 unspecified atom stereocenters. The molecule has 0 N–H and O–H groups in total. The Hall–Kier alpha value is -0.630. The van der Waals surface area contributed by atoms with E-state index >= 15 is 0 Å². The summed E-state index contributed by atoms with van der Waals surface area (Å²) < 4.78 is 21.4. The Kier molecular flexibility index (Phi) is 6.44. The monoisotopic (exact) mass is 297 g/mol. The zero-order chi connectivity index (χ0) is 15.3. The van der Waals surface area contributed by atoms with Crippen LogP contribution >= 0.6 is 7.52 Å². The lowest BCUT2D eigenvalue weighted by molar-refractivity contribution is 0.287. The van der Waals surface area contributed by atoms with E-state index in [-0.39, 0.29) is 0 Å². The van der Waals surface area contributed by atoms with Gasteiger partial charge in [-0.3, -0.25) is 4.57 Å². The minimum atomic E-state index is -2.98. The smallest absolute Gasteiger partial charge is 0.302 e. The van der Waals surface area contributed by atoms with Gasteiger partial charge in [0.2, 0.25) is 0 Å². The van der Waals surface area contributed by atoms with Gasteiger partial charge in [0, 0.05) is 13.1 Å². The minimum absolute atomic E-state index is 0.328. The summed E-state index contributed by atoms with van der Waals surface area (Å²) in [4.78, 5) is 0. The molecule has 1 aromatic rings. The normalized spacial score (nSPS) is 14.8. The van der Waals surface area contributed by atoms with E-state index in [0.717, 1.165) is 29.5 Å². The van der Waals surface area contributed by atoms with E-state index < -0.39 is 7.52 Å². The van der Waals surface area contributed by atoms with Crippen LogP contribution in [0.1, 0.15) is 51.7 Å². The summed E-state index contributed by atoms with van der Waals surface area (Å²) >= 11 is 0. The molecule has 0 aliphatic carbocycles. The molecule has 20 heavy (non-hydrogen) atoms. The predicted octanol–water partition coefficient (Wildman–Crippen LogP) is 4.32. The van der Waals surface area contributed by atoms with Crippen LogP contribution in [0.5, 0.6) is 0 Å². The fourth-order valence-corrected chi connectivity index (χ4v) is 5.44. The third-order valence-electron chi connectivity index (χ3n) is 3.58. The van der Waals surface area contributed by atoms with Gasteiger partial charge >= 0.3 is 7.52 Å². The summed E-state index contributed by atoms with van der Waals surface area (Å²) in [6.07, 6.45) is 0. The van der Waals surface area contributed by atoms with Crippen molar-refractivity contribution in [3.8, 4) is 0 Å². The Bertz CT molecular complexity index is 481. The third-order valence-corrected chi connectivity index (χ3v) is 6.67. The van der Waals surface area contributed by atoms with Gasteiger partial charge in [0.05, 0.1) is 11.9 Å². The minimum Gasteiger partial charge on any atom is -0.314 e. The highest BCUT2D eigenvalue weighted by Crippen LogP contribution is 2.51. The lowest BCUT2D eigenvalue weighted by atomic mass is 10.0. The van der Waals surface area contributed by atoms with Crippen molar-refractivity contribution in [3.05, 3.63) is 29.3 Å². The van der Waals surface area contributed by atoms with Crippen LogP contribution in [0.2, 0.25) is 0 Å². The molecule has 0 heterocycles. The molecule has 0 amide bonds. The van der Waals surface area contributed by atoms with Crippen molar-refractivity contribution >= 4 is 12.8 Å². The SMILES string of the molecule is CCOP(=O)(c1c(C)cccc1C(C)C)N(CC)CC. The molecule has 0 spiro atoms. The molecule has 1 rings (SSSR count). The van der Waals surface area contributed by atoms with Gasteiger partial charge in [-0.2, -0.15) is 0 Å².